The van der Waals surface area contributed by atoms with Crippen LogP contribution in [0.25, 0.3) is 0 Å². The molecule has 90 valence electrons. The van der Waals surface area contributed by atoms with Gasteiger partial charge in [-0.05, 0) is 37.0 Å². The van der Waals surface area contributed by atoms with E-state index >= 15 is 0 Å². The minimum absolute atomic E-state index is 0.198. The van der Waals surface area contributed by atoms with Crippen LogP contribution < -0.4 is 4.74 Å². The fraction of sp³-hybridized carbons (Fsp3) is 0.538. The molecule has 0 aliphatic rings. The maximum Gasteiger partial charge on any atom is 0.165 e. The predicted molar refractivity (Wildman–Crippen MR) is 62.0 cm³/mol. The first-order chi connectivity index (χ1) is 7.36. The van der Waals surface area contributed by atoms with E-state index in [4.69, 9.17) is 4.74 Å². The fourth-order valence-corrected chi connectivity index (χ4v) is 1.91. The van der Waals surface area contributed by atoms with Crippen LogP contribution in [0.2, 0.25) is 0 Å². The molecule has 0 bridgehead atoms. The van der Waals surface area contributed by atoms with Crippen LogP contribution in [0.1, 0.15) is 32.8 Å². The van der Waals surface area contributed by atoms with Crippen LogP contribution in [0.15, 0.2) is 18.2 Å². The quantitative estimate of drug-likeness (QED) is 0.854. The van der Waals surface area contributed by atoms with E-state index in [0.717, 1.165) is 0 Å². The molecule has 1 rings (SSSR count). The summed E-state index contributed by atoms with van der Waals surface area (Å²) in [6.07, 6.45) is 0.596. The zero-order valence-corrected chi connectivity index (χ0v) is 10.2. The molecule has 3 heteroatoms. The summed E-state index contributed by atoms with van der Waals surface area (Å²) >= 11 is 0. The average Bonchev–Trinajstić information content (AvgIpc) is 2.15. The molecule has 1 N–H and O–H groups in total. The number of halogens is 1. The second kappa shape index (κ2) is 4.83. The summed E-state index contributed by atoms with van der Waals surface area (Å²) in [7, 11) is 1.42. The highest BCUT2D eigenvalue weighted by atomic mass is 19.1. The van der Waals surface area contributed by atoms with E-state index in [1.165, 1.54) is 13.2 Å². The summed E-state index contributed by atoms with van der Waals surface area (Å²) in [6.45, 7) is 5.75. The lowest BCUT2D eigenvalue weighted by Crippen LogP contribution is -2.23. The molecule has 1 aromatic rings. The predicted octanol–water partition coefficient (Wildman–Crippen LogP) is 3.09. The van der Waals surface area contributed by atoms with Crippen LogP contribution in [-0.2, 0) is 5.60 Å². The van der Waals surface area contributed by atoms with Crippen LogP contribution >= 0.6 is 0 Å². The van der Waals surface area contributed by atoms with Gasteiger partial charge in [0.05, 0.1) is 12.7 Å². The van der Waals surface area contributed by atoms with Crippen LogP contribution in [0.3, 0.4) is 0 Å². The highest BCUT2D eigenvalue weighted by molar-refractivity contribution is 5.32. The molecule has 0 aromatic heterocycles. The highest BCUT2D eigenvalue weighted by Gasteiger charge is 2.25. The lowest BCUT2D eigenvalue weighted by Gasteiger charge is -2.26. The standard InChI is InChI=1S/C13H19FO2/c1-9(2)8-13(3,15)10-5-6-12(16-4)11(14)7-10/h5-7,9,15H,8H2,1-4H3. The van der Waals surface area contributed by atoms with E-state index in [2.05, 4.69) is 0 Å². The van der Waals surface area contributed by atoms with E-state index in [0.29, 0.717) is 17.9 Å². The second-order valence-corrected chi connectivity index (χ2v) is 4.72. The van der Waals surface area contributed by atoms with Gasteiger partial charge in [-0.15, -0.1) is 0 Å². The van der Waals surface area contributed by atoms with Crippen LogP contribution in [0, 0.1) is 11.7 Å². The first-order valence-electron chi connectivity index (χ1n) is 5.43. The maximum atomic E-state index is 13.5. The summed E-state index contributed by atoms with van der Waals surface area (Å²) in [5, 5.41) is 10.2. The Morgan fingerprint density at radius 2 is 2.06 bits per heavy atom. The van der Waals surface area contributed by atoms with Gasteiger partial charge in [0.15, 0.2) is 11.6 Å². The van der Waals surface area contributed by atoms with Crippen molar-refractivity contribution >= 4 is 0 Å². The number of methoxy groups -OCH3 is 1. The molecule has 0 aliphatic carbocycles. The average molecular weight is 226 g/mol. The Labute approximate surface area is 96.1 Å². The molecule has 0 aliphatic heterocycles. The molecule has 1 aromatic carbocycles. The molecule has 0 amide bonds. The first-order valence-corrected chi connectivity index (χ1v) is 5.43. The molecule has 2 nitrogen and oxygen atoms in total. The number of hydrogen-bond donors (Lipinski definition) is 1. The summed E-state index contributed by atoms with van der Waals surface area (Å²) in [5.41, 5.74) is -0.416. The number of hydrogen-bond acceptors (Lipinski definition) is 2. The smallest absolute Gasteiger partial charge is 0.165 e. The van der Waals surface area contributed by atoms with Gasteiger partial charge in [0.25, 0.3) is 0 Å². The Morgan fingerprint density at radius 3 is 2.50 bits per heavy atom. The second-order valence-electron chi connectivity index (χ2n) is 4.72. The SMILES string of the molecule is COc1ccc(C(C)(O)CC(C)C)cc1F. The number of ether oxygens (including phenoxy) is 1. The highest BCUT2D eigenvalue weighted by Crippen LogP contribution is 2.30. The molecule has 0 fully saturated rings. The monoisotopic (exact) mass is 226 g/mol. The van der Waals surface area contributed by atoms with Crippen LogP contribution in [0.5, 0.6) is 5.75 Å². The van der Waals surface area contributed by atoms with Gasteiger partial charge in [-0.3, -0.25) is 0 Å². The van der Waals surface area contributed by atoms with Crippen LogP contribution in [-0.4, -0.2) is 12.2 Å². The topological polar surface area (TPSA) is 29.5 Å². The third-order valence-corrected chi connectivity index (χ3v) is 2.58. The van der Waals surface area contributed by atoms with Crippen molar-refractivity contribution in [3.63, 3.8) is 0 Å². The Hall–Kier alpha value is -1.09. The Balaban J connectivity index is 3.00. The normalized spacial score (nSPS) is 14.9. The Morgan fingerprint density at radius 1 is 1.44 bits per heavy atom. The molecule has 16 heavy (non-hydrogen) atoms. The molecule has 0 heterocycles. The molecule has 1 unspecified atom stereocenters. The van der Waals surface area contributed by atoms with Gasteiger partial charge in [0.1, 0.15) is 0 Å². The Bertz CT molecular complexity index is 359. The molecule has 0 saturated heterocycles. The van der Waals surface area contributed by atoms with Crippen molar-refractivity contribution < 1.29 is 14.2 Å². The van der Waals surface area contributed by atoms with E-state index in [-0.39, 0.29) is 5.75 Å². The van der Waals surface area contributed by atoms with Crippen molar-refractivity contribution in [2.24, 2.45) is 5.92 Å². The molecular weight excluding hydrogens is 207 g/mol. The van der Waals surface area contributed by atoms with Crippen molar-refractivity contribution in [1.29, 1.82) is 0 Å². The minimum Gasteiger partial charge on any atom is -0.494 e. The third kappa shape index (κ3) is 2.95. The van der Waals surface area contributed by atoms with Gasteiger partial charge in [0, 0.05) is 0 Å². The van der Waals surface area contributed by atoms with Gasteiger partial charge < -0.3 is 9.84 Å². The van der Waals surface area contributed by atoms with Crippen molar-refractivity contribution in [1.82, 2.24) is 0 Å². The van der Waals surface area contributed by atoms with Crippen molar-refractivity contribution in [2.45, 2.75) is 32.8 Å². The molecule has 1 atom stereocenters. The Kier molecular flexibility index (Phi) is 3.92. The van der Waals surface area contributed by atoms with Gasteiger partial charge in [0.2, 0.25) is 0 Å². The van der Waals surface area contributed by atoms with Crippen molar-refractivity contribution in [3.05, 3.63) is 29.6 Å². The van der Waals surface area contributed by atoms with E-state index < -0.39 is 11.4 Å². The zero-order valence-electron chi connectivity index (χ0n) is 10.2. The van der Waals surface area contributed by atoms with Crippen molar-refractivity contribution in [3.8, 4) is 5.75 Å². The summed E-state index contributed by atoms with van der Waals surface area (Å²) in [4.78, 5) is 0. The number of benzene rings is 1. The largest absolute Gasteiger partial charge is 0.494 e. The molecule has 0 saturated carbocycles. The summed E-state index contributed by atoms with van der Waals surface area (Å²) in [5.74, 6) is 0.105. The van der Waals surface area contributed by atoms with Gasteiger partial charge >= 0.3 is 0 Å². The lowest BCUT2D eigenvalue weighted by atomic mass is 9.87. The van der Waals surface area contributed by atoms with Gasteiger partial charge in [-0.1, -0.05) is 19.9 Å². The summed E-state index contributed by atoms with van der Waals surface area (Å²) < 4.78 is 18.3. The van der Waals surface area contributed by atoms with Crippen molar-refractivity contribution in [2.75, 3.05) is 7.11 Å². The first kappa shape index (κ1) is 13.0. The van der Waals surface area contributed by atoms with Crippen LogP contribution in [0.4, 0.5) is 4.39 Å². The van der Waals surface area contributed by atoms with Gasteiger partial charge in [-0.25, -0.2) is 4.39 Å². The van der Waals surface area contributed by atoms with E-state index in [1.54, 1.807) is 19.1 Å². The van der Waals surface area contributed by atoms with E-state index in [9.17, 15) is 9.50 Å². The maximum absolute atomic E-state index is 13.5. The molecule has 0 radical (unpaired) electrons. The minimum atomic E-state index is -0.999. The lowest BCUT2D eigenvalue weighted by molar-refractivity contribution is 0.0345. The van der Waals surface area contributed by atoms with E-state index in [1.807, 2.05) is 13.8 Å². The molecular formula is C13H19FO2. The number of aliphatic hydroxyl groups is 1. The molecule has 0 spiro atoms. The third-order valence-electron chi connectivity index (χ3n) is 2.58. The summed E-state index contributed by atoms with van der Waals surface area (Å²) in [6, 6.07) is 4.57. The fourth-order valence-electron chi connectivity index (χ4n) is 1.91. The number of rotatable bonds is 4. The zero-order chi connectivity index (χ0) is 12.3. The van der Waals surface area contributed by atoms with Gasteiger partial charge in [-0.2, -0.15) is 0 Å².